The van der Waals surface area contributed by atoms with Crippen molar-refractivity contribution in [3.63, 3.8) is 0 Å². The molecule has 0 aliphatic heterocycles. The number of benzene rings is 1. The molecule has 170 valence electrons. The van der Waals surface area contributed by atoms with Gasteiger partial charge in [-0.1, -0.05) is 44.0 Å². The summed E-state index contributed by atoms with van der Waals surface area (Å²) < 4.78 is 4.76. The zero-order chi connectivity index (χ0) is 22.2. The van der Waals surface area contributed by atoms with Crippen molar-refractivity contribution in [3.8, 4) is 0 Å². The number of thiazole rings is 1. The first-order valence-corrected chi connectivity index (χ1v) is 12.7. The molecular weight excluding hydrogens is 430 g/mol. The fraction of sp³-hybridized carbons (Fsp3) is 0.600. The molecular formula is C25H34ClNO3S. The summed E-state index contributed by atoms with van der Waals surface area (Å²) in [7, 11) is 1.39. The number of aryl methyl sites for hydroxylation is 1. The Morgan fingerprint density at radius 2 is 2.19 bits per heavy atom. The van der Waals surface area contributed by atoms with Gasteiger partial charge >= 0.3 is 5.97 Å². The van der Waals surface area contributed by atoms with Gasteiger partial charge in [0.05, 0.1) is 24.4 Å². The summed E-state index contributed by atoms with van der Waals surface area (Å²) in [5, 5.41) is 11.7. The van der Waals surface area contributed by atoms with E-state index < -0.39 is 0 Å². The summed E-state index contributed by atoms with van der Waals surface area (Å²) in [6.07, 6.45) is 10.5. The smallest absolute Gasteiger partial charge is 0.349 e. The molecule has 0 amide bonds. The second-order valence-electron chi connectivity index (χ2n) is 8.63. The second-order valence-corrected chi connectivity index (χ2v) is 10.3. The average molecular weight is 464 g/mol. The van der Waals surface area contributed by atoms with E-state index >= 15 is 0 Å². The predicted octanol–water partition coefficient (Wildman–Crippen LogP) is 6.35. The molecule has 3 unspecified atom stereocenters. The fourth-order valence-corrected chi connectivity index (χ4v) is 5.95. The Kier molecular flexibility index (Phi) is 9.36. The van der Waals surface area contributed by atoms with Gasteiger partial charge in [0.15, 0.2) is 0 Å². The van der Waals surface area contributed by atoms with Crippen LogP contribution in [0.1, 0.15) is 83.8 Å². The van der Waals surface area contributed by atoms with Crippen molar-refractivity contribution in [2.75, 3.05) is 7.11 Å². The number of esters is 1. The van der Waals surface area contributed by atoms with Gasteiger partial charge in [0.1, 0.15) is 4.88 Å². The Labute approximate surface area is 195 Å². The number of methoxy groups -OCH3 is 1. The third-order valence-corrected chi connectivity index (χ3v) is 8.01. The molecule has 0 bridgehead atoms. The molecule has 1 aliphatic rings. The highest BCUT2D eigenvalue weighted by Gasteiger charge is 2.34. The Morgan fingerprint density at radius 3 is 2.97 bits per heavy atom. The van der Waals surface area contributed by atoms with Crippen molar-refractivity contribution in [1.29, 1.82) is 0 Å². The van der Waals surface area contributed by atoms with Crippen LogP contribution >= 0.6 is 22.9 Å². The molecule has 1 aromatic heterocycles. The van der Waals surface area contributed by atoms with Gasteiger partial charge < -0.3 is 9.84 Å². The number of carbonyl (C=O) groups excluding carboxylic acids is 1. The standard InChI is InChI=1S/C25H34ClNO3S/c1-3-4-10-22(28)19-9-5-7-17(14-19)15-20-18(12-13-21(20)26)8-6-11-24-27-16-23(31-24)25(29)30-2/h5,7,9,14,16,18,20-22,28H,3-4,6,8,10-13,15H2,1-2H3/t18-,20?,21?,22?/m0/s1. The Balaban J connectivity index is 1.54. The van der Waals surface area contributed by atoms with Crippen LogP contribution in [0.15, 0.2) is 30.5 Å². The number of aromatic nitrogens is 1. The number of ether oxygens (including phenoxy) is 1. The normalized spacial score (nSPS) is 21.9. The lowest BCUT2D eigenvalue weighted by Gasteiger charge is -2.22. The Bertz CT molecular complexity index is 840. The van der Waals surface area contributed by atoms with Gasteiger partial charge in [-0.2, -0.15) is 0 Å². The van der Waals surface area contributed by atoms with Crippen LogP contribution in [-0.2, 0) is 17.6 Å². The fourth-order valence-electron chi connectivity index (χ4n) is 4.65. The molecule has 31 heavy (non-hydrogen) atoms. The minimum Gasteiger partial charge on any atom is -0.465 e. The van der Waals surface area contributed by atoms with E-state index in [1.54, 1.807) is 6.20 Å². The molecule has 1 aliphatic carbocycles. The number of hydrogen-bond donors (Lipinski definition) is 1. The van der Waals surface area contributed by atoms with Gasteiger partial charge in [0, 0.05) is 5.38 Å². The Hall–Kier alpha value is -1.43. The zero-order valence-corrected chi connectivity index (χ0v) is 20.1. The first kappa shape index (κ1) is 24.2. The lowest BCUT2D eigenvalue weighted by atomic mass is 9.85. The van der Waals surface area contributed by atoms with E-state index in [0.717, 1.165) is 61.9 Å². The number of hydrogen-bond acceptors (Lipinski definition) is 5. The summed E-state index contributed by atoms with van der Waals surface area (Å²) in [5.41, 5.74) is 2.30. The summed E-state index contributed by atoms with van der Waals surface area (Å²) in [6.45, 7) is 2.15. The Morgan fingerprint density at radius 1 is 1.35 bits per heavy atom. The molecule has 1 aromatic carbocycles. The van der Waals surface area contributed by atoms with E-state index in [4.69, 9.17) is 16.3 Å². The minimum atomic E-state index is -0.376. The minimum absolute atomic E-state index is 0.212. The van der Waals surface area contributed by atoms with Crippen LogP contribution in [0, 0.1) is 11.8 Å². The third-order valence-electron chi connectivity index (χ3n) is 6.43. The van der Waals surface area contributed by atoms with E-state index in [2.05, 4.69) is 30.1 Å². The second kappa shape index (κ2) is 12.0. The largest absolute Gasteiger partial charge is 0.465 e. The average Bonchev–Trinajstić information content (AvgIpc) is 3.39. The van der Waals surface area contributed by atoms with Crippen LogP contribution < -0.4 is 0 Å². The number of carbonyl (C=O) groups is 1. The van der Waals surface area contributed by atoms with Crippen LogP contribution in [-0.4, -0.2) is 28.5 Å². The highest BCUT2D eigenvalue weighted by atomic mass is 35.5. The number of aliphatic hydroxyl groups is 1. The number of aliphatic hydroxyl groups excluding tert-OH is 1. The maximum atomic E-state index is 11.6. The number of rotatable bonds is 11. The number of halogens is 1. The third kappa shape index (κ3) is 6.77. The molecule has 3 rings (SSSR count). The van der Waals surface area contributed by atoms with Crippen molar-refractivity contribution in [3.05, 3.63) is 51.5 Å². The molecule has 4 nitrogen and oxygen atoms in total. The number of alkyl halides is 1. The van der Waals surface area contributed by atoms with Crippen molar-refractivity contribution in [2.24, 2.45) is 11.8 Å². The first-order chi connectivity index (χ1) is 15.0. The topological polar surface area (TPSA) is 59.4 Å². The van der Waals surface area contributed by atoms with Gasteiger partial charge in [-0.25, -0.2) is 9.78 Å². The van der Waals surface area contributed by atoms with Gasteiger partial charge in [0.25, 0.3) is 0 Å². The van der Waals surface area contributed by atoms with Gasteiger partial charge in [0.2, 0.25) is 0 Å². The molecule has 0 spiro atoms. The van der Waals surface area contributed by atoms with Gasteiger partial charge in [-0.15, -0.1) is 22.9 Å². The van der Waals surface area contributed by atoms with Crippen LogP contribution in [0.25, 0.3) is 0 Å². The maximum absolute atomic E-state index is 11.6. The summed E-state index contributed by atoms with van der Waals surface area (Å²) in [4.78, 5) is 16.5. The van der Waals surface area contributed by atoms with E-state index in [9.17, 15) is 9.90 Å². The maximum Gasteiger partial charge on any atom is 0.349 e. The lowest BCUT2D eigenvalue weighted by Crippen LogP contribution is -2.18. The molecule has 0 saturated heterocycles. The van der Waals surface area contributed by atoms with Crippen molar-refractivity contribution >= 4 is 28.9 Å². The zero-order valence-electron chi connectivity index (χ0n) is 18.6. The molecule has 1 heterocycles. The highest BCUT2D eigenvalue weighted by molar-refractivity contribution is 7.13. The van der Waals surface area contributed by atoms with Crippen LogP contribution in [0.2, 0.25) is 0 Å². The summed E-state index contributed by atoms with van der Waals surface area (Å²) >= 11 is 8.16. The number of unbranched alkanes of at least 4 members (excludes halogenated alkanes) is 1. The molecule has 2 aromatic rings. The molecule has 4 atom stereocenters. The predicted molar refractivity (Wildman–Crippen MR) is 127 cm³/mol. The molecule has 1 saturated carbocycles. The van der Waals surface area contributed by atoms with E-state index in [-0.39, 0.29) is 17.5 Å². The highest BCUT2D eigenvalue weighted by Crippen LogP contribution is 2.41. The van der Waals surface area contributed by atoms with Crippen LogP contribution in [0.4, 0.5) is 0 Å². The van der Waals surface area contributed by atoms with E-state index in [1.165, 1.54) is 30.4 Å². The van der Waals surface area contributed by atoms with E-state index in [1.807, 2.05) is 6.07 Å². The summed E-state index contributed by atoms with van der Waals surface area (Å²) in [6, 6.07) is 8.43. The van der Waals surface area contributed by atoms with Crippen LogP contribution in [0.3, 0.4) is 0 Å². The first-order valence-electron chi connectivity index (χ1n) is 11.5. The molecule has 1 fully saturated rings. The van der Waals surface area contributed by atoms with Gasteiger partial charge in [-0.3, -0.25) is 0 Å². The number of nitrogens with zero attached hydrogens (tertiary/aromatic N) is 1. The van der Waals surface area contributed by atoms with Crippen LogP contribution in [0.5, 0.6) is 0 Å². The van der Waals surface area contributed by atoms with Crippen molar-refractivity contribution in [2.45, 2.75) is 76.2 Å². The molecule has 0 radical (unpaired) electrons. The van der Waals surface area contributed by atoms with Gasteiger partial charge in [-0.05, 0) is 67.9 Å². The quantitative estimate of drug-likeness (QED) is 0.311. The monoisotopic (exact) mass is 463 g/mol. The molecule has 1 N–H and O–H groups in total. The van der Waals surface area contributed by atoms with Crippen molar-refractivity contribution in [1.82, 2.24) is 4.98 Å². The lowest BCUT2D eigenvalue weighted by molar-refractivity contribution is 0.0606. The summed E-state index contributed by atoms with van der Waals surface area (Å²) in [5.74, 6) is 0.759. The SMILES string of the molecule is CCCCC(O)c1cccc(CC2C(Cl)CC[C@@H]2CCCc2ncc(C(=O)OC)s2)c1. The van der Waals surface area contributed by atoms with E-state index in [0.29, 0.717) is 16.7 Å². The molecule has 6 heteroatoms. The van der Waals surface area contributed by atoms with Crippen molar-refractivity contribution < 1.29 is 14.6 Å².